The van der Waals surface area contributed by atoms with Crippen LogP contribution in [0.4, 0.5) is 0 Å². The maximum atomic E-state index is 12.0. The minimum absolute atomic E-state index is 0.0480. The van der Waals surface area contributed by atoms with Crippen LogP contribution in [0.25, 0.3) is 0 Å². The molecule has 2 rings (SSSR count). The lowest BCUT2D eigenvalue weighted by Crippen LogP contribution is -2.51. The molecule has 4 heteroatoms. The molecule has 0 aliphatic carbocycles. The molecule has 0 aromatic carbocycles. The summed E-state index contributed by atoms with van der Waals surface area (Å²) in [5, 5.41) is 0. The number of piperidine rings is 2. The van der Waals surface area contributed by atoms with E-state index in [2.05, 4.69) is 16.8 Å². The molecule has 0 aromatic rings. The van der Waals surface area contributed by atoms with Gasteiger partial charge in [-0.25, -0.2) is 0 Å². The molecule has 0 radical (unpaired) electrons. The Hall–Kier alpha value is -0.740. The van der Waals surface area contributed by atoms with Gasteiger partial charge in [-0.2, -0.15) is 0 Å². The Labute approximate surface area is 115 Å². The van der Waals surface area contributed by atoms with E-state index in [9.17, 15) is 9.59 Å². The fraction of sp³-hybridized carbons (Fsp3) is 0.857. The lowest BCUT2D eigenvalue weighted by molar-refractivity contribution is -0.129. The zero-order valence-corrected chi connectivity index (χ0v) is 11.5. The van der Waals surface area contributed by atoms with Crippen LogP contribution in [0.1, 0.15) is 38.5 Å². The van der Waals surface area contributed by atoms with Crippen molar-refractivity contribution in [1.29, 1.82) is 0 Å². The molecule has 1 unspecified atom stereocenters. The van der Waals surface area contributed by atoms with Gasteiger partial charge >= 0.3 is 0 Å². The van der Waals surface area contributed by atoms with Gasteiger partial charge in [0.25, 0.3) is 0 Å². The molecule has 0 bridgehead atoms. The lowest BCUT2D eigenvalue weighted by Gasteiger charge is -2.40. The first-order chi connectivity index (χ1) is 10.6. The van der Waals surface area contributed by atoms with Gasteiger partial charge in [-0.15, -0.1) is 0 Å². The van der Waals surface area contributed by atoms with Gasteiger partial charge in [0.05, 0.1) is 6.04 Å². The zero-order valence-electron chi connectivity index (χ0n) is 15.5. The van der Waals surface area contributed by atoms with Gasteiger partial charge in [-0.05, 0) is 45.8 Å². The molecule has 0 saturated carbocycles. The van der Waals surface area contributed by atoms with E-state index >= 15 is 0 Å². The maximum Gasteiger partial charge on any atom is 0.147 e. The van der Waals surface area contributed by atoms with E-state index in [-0.39, 0.29) is 11.8 Å². The number of carbonyl (C=O) groups excluding carboxylic acids is 2. The van der Waals surface area contributed by atoms with Crippen LogP contribution in [0, 0.1) is 5.92 Å². The Morgan fingerprint density at radius 3 is 2.33 bits per heavy atom. The number of hydrogen-bond donors (Lipinski definition) is 0. The second kappa shape index (κ2) is 5.93. The zero-order chi connectivity index (χ0) is 17.1. The van der Waals surface area contributed by atoms with Gasteiger partial charge in [-0.3, -0.25) is 14.5 Å². The van der Waals surface area contributed by atoms with E-state index in [1.807, 2.05) is 0 Å². The third-order valence-electron chi connectivity index (χ3n) is 4.38. The lowest BCUT2D eigenvalue weighted by atomic mass is 9.85. The highest BCUT2D eigenvalue weighted by Crippen LogP contribution is 2.26. The summed E-state index contributed by atoms with van der Waals surface area (Å²) >= 11 is 0. The predicted octanol–water partition coefficient (Wildman–Crippen LogP) is 1.44. The number of Topliss-reactive ketones (excluding diaryl/α,β-unsaturated/α-hetero) is 2. The molecule has 1 atom stereocenters. The van der Waals surface area contributed by atoms with E-state index in [0.29, 0.717) is 24.5 Å². The van der Waals surface area contributed by atoms with Gasteiger partial charge in [0.2, 0.25) is 0 Å². The Balaban J connectivity index is 0.00000102. The monoisotopic (exact) mass is 260 g/mol. The number of hydrogen-bond acceptors (Lipinski definition) is 4. The fourth-order valence-corrected chi connectivity index (χ4v) is 3.28. The van der Waals surface area contributed by atoms with Crippen LogP contribution in [0.5, 0.6) is 0 Å². The number of nitrogens with zero attached hydrogens (tertiary/aromatic N) is 2. The Kier molecular flexibility index (Phi) is 3.67. The number of carbonyl (C=O) groups is 2. The largest absolute Gasteiger partial charge is 0.306 e. The maximum absolute atomic E-state index is 12.0. The molecule has 106 valence electrons. The van der Waals surface area contributed by atoms with Crippen molar-refractivity contribution < 1.29 is 15.5 Å². The normalized spacial score (nSPS) is 27.1. The van der Waals surface area contributed by atoms with Crippen LogP contribution in [-0.2, 0) is 9.59 Å². The highest BCUT2D eigenvalue weighted by Gasteiger charge is 2.34. The van der Waals surface area contributed by atoms with Gasteiger partial charge in [0.15, 0.2) is 0 Å². The quantitative estimate of drug-likeness (QED) is 0.770. The first-order valence-corrected chi connectivity index (χ1v) is 7.02. The van der Waals surface area contributed by atoms with Gasteiger partial charge in [-0.1, -0.05) is 0 Å². The average Bonchev–Trinajstić information content (AvgIpc) is 2.55. The topological polar surface area (TPSA) is 40.6 Å². The molecule has 0 N–H and O–H groups in total. The molecule has 0 aromatic heterocycles. The molecular formula is C14H28N2O2. The van der Waals surface area contributed by atoms with Crippen molar-refractivity contribution in [3.8, 4) is 0 Å². The van der Waals surface area contributed by atoms with E-state index < -0.39 is 0 Å². The first-order valence-electron chi connectivity index (χ1n) is 9.02. The van der Waals surface area contributed by atoms with Crippen molar-refractivity contribution in [3.63, 3.8) is 0 Å². The standard InChI is InChI=1S/C14H24N2O2.2H2/c1-11(17)14(12-3-7-15(2)8-4-12)16-9-5-13(18)6-10-16;;/h12,14H,3-10H2,1-2H3;2*1H/i;2*1+1D. The number of ketones is 2. The van der Waals surface area contributed by atoms with E-state index in [4.69, 9.17) is 5.94 Å². The predicted molar refractivity (Wildman–Crippen MR) is 74.7 cm³/mol. The minimum atomic E-state index is 0.0480. The third kappa shape index (κ3) is 3.18. The summed E-state index contributed by atoms with van der Waals surface area (Å²) in [5.41, 5.74) is 0. The second-order valence-corrected chi connectivity index (χ2v) is 5.77. The van der Waals surface area contributed by atoms with Crippen molar-refractivity contribution in [3.05, 3.63) is 0 Å². The Morgan fingerprint density at radius 1 is 1.28 bits per heavy atom. The van der Waals surface area contributed by atoms with Crippen LogP contribution in [0.3, 0.4) is 0 Å². The Bertz CT molecular complexity index is 327. The molecule has 2 heterocycles. The molecule has 0 spiro atoms. The van der Waals surface area contributed by atoms with Crippen molar-refractivity contribution in [2.75, 3.05) is 33.2 Å². The van der Waals surface area contributed by atoms with E-state index in [1.54, 1.807) is 6.92 Å². The molecule has 2 saturated heterocycles. The number of rotatable bonds is 3. The van der Waals surface area contributed by atoms with Crippen molar-refractivity contribution in [2.45, 2.75) is 38.6 Å². The molecule has 2 aliphatic rings. The highest BCUT2D eigenvalue weighted by atomic mass is 16.1. The molecular weight excluding hydrogens is 228 g/mol. The van der Waals surface area contributed by atoms with Crippen LogP contribution in [-0.4, -0.2) is 60.6 Å². The van der Waals surface area contributed by atoms with E-state index in [0.717, 1.165) is 39.0 Å². The summed E-state index contributed by atoms with van der Waals surface area (Å²) in [6.45, 7) is 5.42. The van der Waals surface area contributed by atoms with Gasteiger partial charge in [0, 0.05) is 31.9 Å². The van der Waals surface area contributed by atoms with Crippen molar-refractivity contribution in [2.24, 2.45) is 5.92 Å². The van der Waals surface area contributed by atoms with Crippen molar-refractivity contribution in [1.82, 2.24) is 9.80 Å². The van der Waals surface area contributed by atoms with Crippen LogP contribution in [0.15, 0.2) is 0 Å². The molecule has 4 nitrogen and oxygen atoms in total. The smallest absolute Gasteiger partial charge is 0.147 e. The first kappa shape index (κ1) is 11.1. The van der Waals surface area contributed by atoms with Crippen LogP contribution < -0.4 is 0 Å². The summed E-state index contributed by atoms with van der Waals surface area (Å²) < 4.78 is 20.0. The van der Waals surface area contributed by atoms with Gasteiger partial charge < -0.3 is 4.90 Å². The summed E-state index contributed by atoms with van der Waals surface area (Å²) in [6.07, 6.45) is 3.45. The summed E-state index contributed by atoms with van der Waals surface area (Å²) in [7, 11) is 2.14. The molecule has 0 amide bonds. The van der Waals surface area contributed by atoms with E-state index in [1.165, 1.54) is 0 Å². The average molecular weight is 260 g/mol. The SMILES string of the molecule is CC(=O)C(C1CCN(C)CC1)N1CCC(=O)CC1.[2H][2H].[2H][2H]. The van der Waals surface area contributed by atoms with Crippen LogP contribution >= 0.6 is 0 Å². The summed E-state index contributed by atoms with van der Waals surface area (Å²) in [5.74, 6) is 1.10. The molecule has 18 heavy (non-hydrogen) atoms. The van der Waals surface area contributed by atoms with Crippen molar-refractivity contribution >= 4 is 11.6 Å². The number of likely N-dealkylation sites (tertiary alicyclic amines) is 2. The summed E-state index contributed by atoms with van der Waals surface area (Å²) in [4.78, 5) is 27.8. The second-order valence-electron chi connectivity index (χ2n) is 5.77. The fourth-order valence-electron chi connectivity index (χ4n) is 3.28. The highest BCUT2D eigenvalue weighted by molar-refractivity contribution is 5.83. The third-order valence-corrected chi connectivity index (χ3v) is 4.38. The van der Waals surface area contributed by atoms with Gasteiger partial charge in [0.1, 0.15) is 11.6 Å². The molecule has 2 aliphatic heterocycles. The minimum Gasteiger partial charge on any atom is -0.306 e. The summed E-state index contributed by atoms with van der Waals surface area (Å²) in [6, 6.07) is 0.0480. The molecule has 2 fully saturated rings. The van der Waals surface area contributed by atoms with Crippen LogP contribution in [0.2, 0.25) is 0 Å². The Morgan fingerprint density at radius 2 is 1.83 bits per heavy atom.